The van der Waals surface area contributed by atoms with Crippen molar-refractivity contribution in [3.05, 3.63) is 79.0 Å². The van der Waals surface area contributed by atoms with E-state index in [9.17, 15) is 24.3 Å². The molecule has 0 unspecified atom stereocenters. The van der Waals surface area contributed by atoms with Crippen LogP contribution in [0.15, 0.2) is 49.0 Å². The average Bonchev–Trinajstić information content (AvgIpc) is 2.73. The van der Waals surface area contributed by atoms with Gasteiger partial charge in [-0.1, -0.05) is 11.6 Å². The normalized spacial score (nSPS) is 15.5. The first-order chi connectivity index (χ1) is 15.7. The zero-order valence-electron chi connectivity index (χ0n) is 18.0. The second-order valence-corrected chi connectivity index (χ2v) is 8.23. The molecule has 1 atom stereocenters. The van der Waals surface area contributed by atoms with Crippen molar-refractivity contribution in [3.8, 4) is 11.5 Å². The minimum absolute atomic E-state index is 0.0428. The van der Waals surface area contributed by atoms with Crippen molar-refractivity contribution >= 4 is 33.7 Å². The van der Waals surface area contributed by atoms with Crippen LogP contribution in [0.5, 0.6) is 11.5 Å². The fourth-order valence-corrected chi connectivity index (χ4v) is 4.50. The molecule has 5 rings (SSSR count). The van der Waals surface area contributed by atoms with Crippen LogP contribution in [0.25, 0.3) is 21.9 Å². The number of rotatable bonds is 2. The van der Waals surface area contributed by atoms with Crippen molar-refractivity contribution < 1.29 is 28.3 Å². The van der Waals surface area contributed by atoms with E-state index >= 15 is 0 Å². The Morgan fingerprint density at radius 3 is 2.61 bits per heavy atom. The molecule has 33 heavy (non-hydrogen) atoms. The Kier molecular flexibility index (Phi) is 4.49. The number of aryl methyl sites for hydroxylation is 2. The van der Waals surface area contributed by atoms with Crippen molar-refractivity contribution in [2.75, 3.05) is 0 Å². The van der Waals surface area contributed by atoms with Gasteiger partial charge >= 0.3 is 11.6 Å². The fourth-order valence-electron chi connectivity index (χ4n) is 4.50. The third kappa shape index (κ3) is 3.06. The molecule has 0 radical (unpaired) electrons. The van der Waals surface area contributed by atoms with Crippen LogP contribution >= 0.6 is 0 Å². The molecule has 0 aliphatic carbocycles. The van der Waals surface area contributed by atoms with Gasteiger partial charge in [0.05, 0.1) is 23.5 Å². The lowest BCUT2D eigenvalue weighted by molar-refractivity contribution is -0.135. The molecule has 0 spiro atoms. The molecule has 0 saturated carbocycles. The van der Waals surface area contributed by atoms with Crippen LogP contribution in [0.2, 0.25) is 0 Å². The molecule has 1 aliphatic heterocycles. The Balaban J connectivity index is 1.94. The molecular formula is C25H18O8. The van der Waals surface area contributed by atoms with Crippen LogP contribution < -0.4 is 15.8 Å². The molecule has 8 nitrogen and oxygen atoms in total. The number of carbonyl (C=O) groups excluding carboxylic acids is 2. The van der Waals surface area contributed by atoms with Gasteiger partial charge in [0.15, 0.2) is 17.0 Å². The maximum atomic E-state index is 13.4. The van der Waals surface area contributed by atoms with Gasteiger partial charge in [0.1, 0.15) is 22.5 Å². The molecule has 2 aromatic carbocycles. The summed E-state index contributed by atoms with van der Waals surface area (Å²) in [6.45, 7) is 4.65. The number of hydrogen-bond acceptors (Lipinski definition) is 8. The highest BCUT2D eigenvalue weighted by Crippen LogP contribution is 2.49. The zero-order valence-corrected chi connectivity index (χ0v) is 18.0. The van der Waals surface area contributed by atoms with E-state index < -0.39 is 29.0 Å². The largest absolute Gasteiger partial charge is 0.506 e. The Morgan fingerprint density at radius 1 is 1.12 bits per heavy atom. The number of phenols is 1. The van der Waals surface area contributed by atoms with Crippen LogP contribution in [-0.2, 0) is 4.79 Å². The molecule has 0 saturated heterocycles. The van der Waals surface area contributed by atoms with Crippen LogP contribution in [0.3, 0.4) is 0 Å². The topological polar surface area (TPSA) is 124 Å². The van der Waals surface area contributed by atoms with Gasteiger partial charge in [-0.25, -0.2) is 4.79 Å². The van der Waals surface area contributed by atoms with E-state index in [2.05, 4.69) is 0 Å². The summed E-state index contributed by atoms with van der Waals surface area (Å²) >= 11 is 0. The third-order valence-corrected chi connectivity index (χ3v) is 5.97. The number of ketones is 1. The Bertz CT molecular complexity index is 1640. The number of aromatic hydroxyl groups is 1. The predicted octanol–water partition coefficient (Wildman–Crippen LogP) is 3.87. The Morgan fingerprint density at radius 2 is 1.88 bits per heavy atom. The highest BCUT2D eigenvalue weighted by Gasteiger charge is 2.38. The molecule has 4 aromatic rings. The van der Waals surface area contributed by atoms with Gasteiger partial charge in [-0.05, 0) is 38.5 Å². The number of benzene rings is 2. The summed E-state index contributed by atoms with van der Waals surface area (Å²) in [6, 6.07) is 6.37. The second kappa shape index (κ2) is 7.16. The van der Waals surface area contributed by atoms with Crippen molar-refractivity contribution in [2.24, 2.45) is 0 Å². The standard InChI is InChI=1S/C25H18O8/c1-10-4-5-16-14(6-10)22(29)15(9-31-16)13-8-18(28)33-25-20(12(3)26)23(30)19-11(2)7-17(27)32-24(19)21(13)25/h4-7,9,13,30H,8H2,1-3H3/t13-/m1/s1. The molecule has 166 valence electrons. The van der Waals surface area contributed by atoms with Crippen LogP contribution in [-0.4, -0.2) is 16.9 Å². The predicted molar refractivity (Wildman–Crippen MR) is 118 cm³/mol. The molecule has 3 heterocycles. The molecule has 0 fully saturated rings. The van der Waals surface area contributed by atoms with Gasteiger partial charge in [0, 0.05) is 23.1 Å². The fraction of sp³-hybridized carbons (Fsp3) is 0.200. The highest BCUT2D eigenvalue weighted by molar-refractivity contribution is 6.09. The highest BCUT2D eigenvalue weighted by atomic mass is 16.5. The first kappa shape index (κ1) is 20.7. The van der Waals surface area contributed by atoms with Crippen LogP contribution in [0, 0.1) is 13.8 Å². The van der Waals surface area contributed by atoms with Crippen molar-refractivity contribution in [2.45, 2.75) is 33.1 Å². The average molecular weight is 446 g/mol. The number of fused-ring (bicyclic) bond motifs is 4. The molecule has 2 aromatic heterocycles. The minimum atomic E-state index is -0.923. The lowest BCUT2D eigenvalue weighted by Gasteiger charge is -2.27. The summed E-state index contributed by atoms with van der Waals surface area (Å²) in [5, 5.41) is 11.3. The quantitative estimate of drug-likeness (QED) is 0.213. The molecular weight excluding hydrogens is 428 g/mol. The van der Waals surface area contributed by atoms with Gasteiger partial charge in [-0.15, -0.1) is 0 Å². The molecule has 8 heteroatoms. The summed E-state index contributed by atoms with van der Waals surface area (Å²) in [5.41, 5.74) is 0.638. The number of ether oxygens (including phenoxy) is 1. The third-order valence-electron chi connectivity index (χ3n) is 5.97. The van der Waals surface area contributed by atoms with E-state index in [1.807, 2.05) is 13.0 Å². The maximum absolute atomic E-state index is 13.4. The maximum Gasteiger partial charge on any atom is 0.336 e. The minimum Gasteiger partial charge on any atom is -0.506 e. The smallest absolute Gasteiger partial charge is 0.336 e. The number of carbonyl (C=O) groups is 2. The van der Waals surface area contributed by atoms with Gasteiger partial charge < -0.3 is 18.7 Å². The number of hydrogen-bond donors (Lipinski definition) is 1. The van der Waals surface area contributed by atoms with Crippen molar-refractivity contribution in [1.82, 2.24) is 0 Å². The second-order valence-electron chi connectivity index (χ2n) is 8.23. The molecule has 0 amide bonds. The van der Waals surface area contributed by atoms with Crippen molar-refractivity contribution in [1.29, 1.82) is 0 Å². The summed E-state index contributed by atoms with van der Waals surface area (Å²) < 4.78 is 16.5. The molecule has 1 N–H and O–H groups in total. The monoisotopic (exact) mass is 446 g/mol. The summed E-state index contributed by atoms with van der Waals surface area (Å²) in [7, 11) is 0. The first-order valence-electron chi connectivity index (χ1n) is 10.2. The summed E-state index contributed by atoms with van der Waals surface area (Å²) in [4.78, 5) is 50.7. The SMILES string of the molecule is CC(=O)c1c2c(c3oc(=O)cc(C)c3c1O)[C@@H](c1coc3ccc(C)cc3c1=O)CC(=O)O2. The lowest BCUT2D eigenvalue weighted by atomic mass is 9.83. The van der Waals surface area contributed by atoms with E-state index in [1.165, 1.54) is 19.3 Å². The van der Waals surface area contributed by atoms with Gasteiger partial charge in [0.25, 0.3) is 0 Å². The van der Waals surface area contributed by atoms with Gasteiger partial charge in [0.2, 0.25) is 0 Å². The van der Waals surface area contributed by atoms with Gasteiger partial charge in [-0.3, -0.25) is 14.4 Å². The van der Waals surface area contributed by atoms with Crippen LogP contribution in [0.1, 0.15) is 51.9 Å². The van der Waals surface area contributed by atoms with E-state index in [0.717, 1.165) is 5.56 Å². The van der Waals surface area contributed by atoms with Crippen LogP contribution in [0.4, 0.5) is 0 Å². The number of Topliss-reactive ketones (excluding diaryl/α,β-unsaturated/α-hetero) is 1. The summed E-state index contributed by atoms with van der Waals surface area (Å²) in [5.74, 6) is -2.84. The Hall–Kier alpha value is -4.20. The van der Waals surface area contributed by atoms with E-state index in [0.29, 0.717) is 16.5 Å². The molecule has 0 bridgehead atoms. The molecule has 1 aliphatic rings. The van der Waals surface area contributed by atoms with Gasteiger partial charge in [-0.2, -0.15) is 0 Å². The van der Waals surface area contributed by atoms with E-state index in [4.69, 9.17) is 13.6 Å². The Labute approximate surface area is 186 Å². The number of esters is 1. The van der Waals surface area contributed by atoms with Crippen molar-refractivity contribution in [3.63, 3.8) is 0 Å². The van der Waals surface area contributed by atoms with E-state index in [1.54, 1.807) is 19.1 Å². The zero-order chi connectivity index (χ0) is 23.6. The number of phenolic OH excluding ortho intramolecular Hbond substituents is 1. The first-order valence-corrected chi connectivity index (χ1v) is 10.2. The lowest BCUT2D eigenvalue weighted by Crippen LogP contribution is -2.26. The van der Waals surface area contributed by atoms with E-state index in [-0.39, 0.29) is 45.3 Å². The summed E-state index contributed by atoms with van der Waals surface area (Å²) in [6.07, 6.45) is 1.02.